The van der Waals surface area contributed by atoms with Gasteiger partial charge >= 0.3 is 0 Å². The summed E-state index contributed by atoms with van der Waals surface area (Å²) in [5.41, 5.74) is 6.68. The van der Waals surface area contributed by atoms with E-state index in [0.29, 0.717) is 0 Å². The quantitative estimate of drug-likeness (QED) is 0.332. The van der Waals surface area contributed by atoms with Crippen molar-refractivity contribution in [2.75, 3.05) is 0 Å². The lowest BCUT2D eigenvalue weighted by Crippen LogP contribution is -2.05. The van der Waals surface area contributed by atoms with Gasteiger partial charge in [0.05, 0.1) is 6.10 Å². The molecule has 0 aliphatic rings. The second-order valence-corrected chi connectivity index (χ2v) is 7.99. The fraction of sp³-hybridized carbons (Fsp3) is 0.600. The largest absolute Gasteiger partial charge is 0.389 e. The van der Waals surface area contributed by atoms with Crippen molar-refractivity contribution in [1.29, 1.82) is 0 Å². The smallest absolute Gasteiger partial charge is 0.0747 e. The number of allylic oxidation sites excluding steroid dienone is 8. The highest BCUT2D eigenvalue weighted by molar-refractivity contribution is 5.07. The predicted molar refractivity (Wildman–Crippen MR) is 118 cm³/mol. The first-order valence-corrected chi connectivity index (χ1v) is 10.2. The van der Waals surface area contributed by atoms with Crippen LogP contribution in [0, 0.1) is 0 Å². The van der Waals surface area contributed by atoms with Crippen LogP contribution in [0.2, 0.25) is 0 Å². The van der Waals surface area contributed by atoms with Crippen LogP contribution in [0.25, 0.3) is 0 Å². The van der Waals surface area contributed by atoms with Crippen LogP contribution < -0.4 is 0 Å². The lowest BCUT2D eigenvalue weighted by Gasteiger charge is -2.08. The van der Waals surface area contributed by atoms with E-state index in [-0.39, 0.29) is 6.10 Å². The fourth-order valence-electron chi connectivity index (χ4n) is 2.72. The van der Waals surface area contributed by atoms with Crippen molar-refractivity contribution in [1.82, 2.24) is 0 Å². The molecule has 1 N–H and O–H groups in total. The molecule has 0 bridgehead atoms. The van der Waals surface area contributed by atoms with Crippen molar-refractivity contribution in [3.05, 3.63) is 58.7 Å². The third-order valence-electron chi connectivity index (χ3n) is 4.66. The van der Waals surface area contributed by atoms with Crippen LogP contribution in [0.15, 0.2) is 58.7 Å². The maximum Gasteiger partial charge on any atom is 0.0747 e. The lowest BCUT2D eigenvalue weighted by atomic mass is 10.0. The summed E-state index contributed by atoms with van der Waals surface area (Å²) in [7, 11) is 0. The van der Waals surface area contributed by atoms with Crippen LogP contribution in [0.5, 0.6) is 0 Å². The van der Waals surface area contributed by atoms with Gasteiger partial charge in [0.25, 0.3) is 0 Å². The standard InChI is InChI=1S/C25H42O/c1-20(2)12-8-13-22(5)14-9-15-23(6)16-10-17-24(7)18-11-19-25(26)21(3)4/h12,14,16,18,25-26H,3,8-11,13,15,17,19H2,1-2,4-7H3/b22-14+,23-16+,24-18+. The van der Waals surface area contributed by atoms with Gasteiger partial charge in [-0.15, -0.1) is 0 Å². The predicted octanol–water partition coefficient (Wildman–Crippen LogP) is 7.85. The summed E-state index contributed by atoms with van der Waals surface area (Å²) in [6.45, 7) is 16.7. The Bertz CT molecular complexity index is 524. The van der Waals surface area contributed by atoms with Crippen molar-refractivity contribution >= 4 is 0 Å². The van der Waals surface area contributed by atoms with E-state index in [2.05, 4.69) is 65.5 Å². The van der Waals surface area contributed by atoms with Crippen molar-refractivity contribution in [2.45, 2.75) is 99.0 Å². The summed E-state index contributed by atoms with van der Waals surface area (Å²) < 4.78 is 0. The first kappa shape index (κ1) is 24.7. The number of aliphatic hydroxyl groups excluding tert-OH is 1. The molecule has 0 saturated heterocycles. The van der Waals surface area contributed by atoms with E-state index < -0.39 is 0 Å². The summed E-state index contributed by atoms with van der Waals surface area (Å²) >= 11 is 0. The molecule has 0 spiro atoms. The maximum absolute atomic E-state index is 9.74. The Morgan fingerprint density at radius 2 is 1.08 bits per heavy atom. The number of rotatable bonds is 13. The van der Waals surface area contributed by atoms with Crippen LogP contribution >= 0.6 is 0 Å². The van der Waals surface area contributed by atoms with E-state index in [1.165, 1.54) is 28.7 Å². The van der Waals surface area contributed by atoms with Crippen LogP contribution in [0.1, 0.15) is 92.9 Å². The summed E-state index contributed by atoms with van der Waals surface area (Å²) in [5.74, 6) is 0. The molecule has 26 heavy (non-hydrogen) atoms. The zero-order valence-electron chi connectivity index (χ0n) is 18.2. The SMILES string of the molecule is C=C(C)C(O)CC/C=C(\C)CC/C=C(\C)CC/C=C(\C)CCC=C(C)C. The molecule has 0 radical (unpaired) electrons. The summed E-state index contributed by atoms with van der Waals surface area (Å²) in [4.78, 5) is 0. The Balaban J connectivity index is 4.03. The van der Waals surface area contributed by atoms with E-state index in [1.54, 1.807) is 0 Å². The van der Waals surface area contributed by atoms with Gasteiger partial charge in [0.1, 0.15) is 0 Å². The Hall–Kier alpha value is -1.34. The molecule has 1 unspecified atom stereocenters. The number of aliphatic hydroxyl groups is 1. The summed E-state index contributed by atoms with van der Waals surface area (Å²) in [6, 6.07) is 0. The number of hydrogen-bond donors (Lipinski definition) is 1. The highest BCUT2D eigenvalue weighted by Crippen LogP contribution is 2.14. The molecule has 1 heteroatoms. The van der Waals surface area contributed by atoms with E-state index in [9.17, 15) is 5.11 Å². The molecule has 0 saturated carbocycles. The zero-order chi connectivity index (χ0) is 19.9. The monoisotopic (exact) mass is 358 g/mol. The van der Waals surface area contributed by atoms with Gasteiger partial charge in [-0.3, -0.25) is 0 Å². The van der Waals surface area contributed by atoms with Crippen molar-refractivity contribution < 1.29 is 5.11 Å². The topological polar surface area (TPSA) is 20.2 Å². The molecular formula is C25H42O. The summed E-state index contributed by atoms with van der Waals surface area (Å²) in [5, 5.41) is 9.74. The molecule has 0 aromatic carbocycles. The second kappa shape index (κ2) is 14.8. The Morgan fingerprint density at radius 3 is 1.46 bits per heavy atom. The minimum atomic E-state index is -0.361. The van der Waals surface area contributed by atoms with Crippen LogP contribution in [0.4, 0.5) is 0 Å². The third kappa shape index (κ3) is 15.0. The third-order valence-corrected chi connectivity index (χ3v) is 4.66. The first-order chi connectivity index (χ1) is 12.2. The van der Waals surface area contributed by atoms with Gasteiger partial charge in [-0.05, 0) is 92.9 Å². The minimum absolute atomic E-state index is 0.361. The molecule has 0 aliphatic carbocycles. The van der Waals surface area contributed by atoms with E-state index >= 15 is 0 Å². The average molecular weight is 359 g/mol. The molecule has 148 valence electrons. The van der Waals surface area contributed by atoms with Gasteiger partial charge in [0, 0.05) is 0 Å². The molecule has 0 rings (SSSR count). The van der Waals surface area contributed by atoms with Gasteiger partial charge in [-0.1, -0.05) is 58.7 Å². The van der Waals surface area contributed by atoms with E-state index in [0.717, 1.165) is 50.5 Å². The van der Waals surface area contributed by atoms with Crippen LogP contribution in [-0.4, -0.2) is 11.2 Å². The molecule has 0 aliphatic heterocycles. The van der Waals surface area contributed by atoms with Crippen molar-refractivity contribution in [3.63, 3.8) is 0 Å². The molecule has 0 heterocycles. The molecule has 1 atom stereocenters. The van der Waals surface area contributed by atoms with Crippen molar-refractivity contribution in [2.24, 2.45) is 0 Å². The normalized spacial score (nSPS) is 14.3. The maximum atomic E-state index is 9.74. The Morgan fingerprint density at radius 1 is 0.692 bits per heavy atom. The first-order valence-electron chi connectivity index (χ1n) is 10.2. The van der Waals surface area contributed by atoms with E-state index in [1.807, 2.05) is 6.92 Å². The average Bonchev–Trinajstić information content (AvgIpc) is 2.54. The summed E-state index contributed by atoms with van der Waals surface area (Å²) in [6.07, 6.45) is 17.6. The molecule has 0 fully saturated rings. The lowest BCUT2D eigenvalue weighted by molar-refractivity contribution is 0.202. The van der Waals surface area contributed by atoms with Gasteiger partial charge in [-0.2, -0.15) is 0 Å². The zero-order valence-corrected chi connectivity index (χ0v) is 18.2. The van der Waals surface area contributed by atoms with Crippen LogP contribution in [0.3, 0.4) is 0 Å². The molecule has 0 aromatic rings. The molecule has 1 nitrogen and oxygen atoms in total. The van der Waals surface area contributed by atoms with Gasteiger partial charge < -0.3 is 5.11 Å². The molecule has 0 amide bonds. The fourth-order valence-corrected chi connectivity index (χ4v) is 2.72. The second-order valence-electron chi connectivity index (χ2n) is 7.99. The van der Waals surface area contributed by atoms with Gasteiger partial charge in [0.15, 0.2) is 0 Å². The van der Waals surface area contributed by atoms with Crippen LogP contribution in [-0.2, 0) is 0 Å². The van der Waals surface area contributed by atoms with Crippen molar-refractivity contribution in [3.8, 4) is 0 Å². The van der Waals surface area contributed by atoms with Gasteiger partial charge in [0.2, 0.25) is 0 Å². The minimum Gasteiger partial charge on any atom is -0.389 e. The Labute approximate surface area is 163 Å². The van der Waals surface area contributed by atoms with Gasteiger partial charge in [-0.25, -0.2) is 0 Å². The highest BCUT2D eigenvalue weighted by atomic mass is 16.3. The molecular weight excluding hydrogens is 316 g/mol. The highest BCUT2D eigenvalue weighted by Gasteiger charge is 2.02. The Kier molecular flexibility index (Phi) is 14.0. The number of hydrogen-bond acceptors (Lipinski definition) is 1. The molecule has 0 aromatic heterocycles. The van der Waals surface area contributed by atoms with E-state index in [4.69, 9.17) is 0 Å².